The highest BCUT2D eigenvalue weighted by Crippen LogP contribution is 2.38. The van der Waals surface area contributed by atoms with E-state index in [0.29, 0.717) is 12.0 Å². The van der Waals surface area contributed by atoms with Crippen molar-refractivity contribution >= 4 is 0 Å². The molecule has 0 fully saturated rings. The summed E-state index contributed by atoms with van der Waals surface area (Å²) in [5, 5.41) is 21.2. The van der Waals surface area contributed by atoms with Gasteiger partial charge < -0.3 is 10.2 Å². The lowest BCUT2D eigenvalue weighted by Gasteiger charge is -2.41. The van der Waals surface area contributed by atoms with Crippen LogP contribution in [0.5, 0.6) is 0 Å². The standard InChI is InChI=1S/C15H20O2/c1-4-11-14(3,16)15(17,12-5-2)13-9-7-6-8-10-13/h4-10,16-17H,1-2,11-12H2,3H3/t14-,15-/m1/s1. The minimum Gasteiger partial charge on any atom is -0.386 e. The van der Waals surface area contributed by atoms with Crippen molar-refractivity contribution in [3.63, 3.8) is 0 Å². The molecule has 17 heavy (non-hydrogen) atoms. The zero-order valence-electron chi connectivity index (χ0n) is 10.3. The van der Waals surface area contributed by atoms with Crippen LogP contribution in [0.4, 0.5) is 0 Å². The maximum atomic E-state index is 10.8. The van der Waals surface area contributed by atoms with Crippen LogP contribution >= 0.6 is 0 Å². The van der Waals surface area contributed by atoms with E-state index in [0.717, 1.165) is 0 Å². The van der Waals surface area contributed by atoms with Crippen molar-refractivity contribution in [3.8, 4) is 0 Å². The summed E-state index contributed by atoms with van der Waals surface area (Å²) in [6, 6.07) is 9.17. The Morgan fingerprint density at radius 1 is 1.06 bits per heavy atom. The second-order valence-corrected chi connectivity index (χ2v) is 4.49. The summed E-state index contributed by atoms with van der Waals surface area (Å²) in [4.78, 5) is 0. The summed E-state index contributed by atoms with van der Waals surface area (Å²) in [6.45, 7) is 8.88. The normalized spacial score (nSPS) is 17.8. The van der Waals surface area contributed by atoms with Crippen molar-refractivity contribution in [1.82, 2.24) is 0 Å². The van der Waals surface area contributed by atoms with Crippen LogP contribution in [-0.4, -0.2) is 15.8 Å². The Bertz CT molecular complexity index is 381. The lowest BCUT2D eigenvalue weighted by molar-refractivity contribution is -0.144. The highest BCUT2D eigenvalue weighted by molar-refractivity contribution is 5.27. The van der Waals surface area contributed by atoms with E-state index < -0.39 is 11.2 Å². The van der Waals surface area contributed by atoms with Gasteiger partial charge in [-0.2, -0.15) is 0 Å². The Labute approximate surface area is 103 Å². The summed E-state index contributed by atoms with van der Waals surface area (Å²) in [5.41, 5.74) is -1.93. The van der Waals surface area contributed by atoms with Gasteiger partial charge in [0.15, 0.2) is 0 Å². The SMILES string of the molecule is C=CC[C@@](O)(c1ccccc1)[C@](C)(O)CC=C. The van der Waals surface area contributed by atoms with Crippen molar-refractivity contribution in [3.05, 3.63) is 61.2 Å². The van der Waals surface area contributed by atoms with E-state index in [1.54, 1.807) is 31.2 Å². The molecular formula is C15H20O2. The van der Waals surface area contributed by atoms with Crippen molar-refractivity contribution < 1.29 is 10.2 Å². The van der Waals surface area contributed by atoms with E-state index in [1.165, 1.54) is 0 Å². The Morgan fingerprint density at radius 2 is 1.59 bits per heavy atom. The highest BCUT2D eigenvalue weighted by atomic mass is 16.4. The van der Waals surface area contributed by atoms with Crippen molar-refractivity contribution in [2.24, 2.45) is 0 Å². The largest absolute Gasteiger partial charge is 0.386 e. The van der Waals surface area contributed by atoms with Gasteiger partial charge >= 0.3 is 0 Å². The van der Waals surface area contributed by atoms with Crippen LogP contribution in [0.3, 0.4) is 0 Å². The Kier molecular flexibility index (Phi) is 4.27. The number of hydrogen-bond donors (Lipinski definition) is 2. The van der Waals surface area contributed by atoms with Crippen LogP contribution < -0.4 is 0 Å². The molecule has 0 bridgehead atoms. The van der Waals surface area contributed by atoms with Crippen molar-refractivity contribution in [2.45, 2.75) is 31.0 Å². The molecule has 2 N–H and O–H groups in total. The fourth-order valence-corrected chi connectivity index (χ4v) is 2.02. The van der Waals surface area contributed by atoms with Gasteiger partial charge in [-0.05, 0) is 18.9 Å². The van der Waals surface area contributed by atoms with Gasteiger partial charge in [0.2, 0.25) is 0 Å². The van der Waals surface area contributed by atoms with Gasteiger partial charge in [-0.3, -0.25) is 0 Å². The molecule has 0 aliphatic rings. The lowest BCUT2D eigenvalue weighted by Crippen LogP contribution is -2.49. The van der Waals surface area contributed by atoms with Crippen LogP contribution in [0.1, 0.15) is 25.3 Å². The minimum absolute atomic E-state index is 0.290. The molecule has 1 aromatic carbocycles. The molecule has 2 nitrogen and oxygen atoms in total. The molecule has 92 valence electrons. The molecule has 0 aliphatic heterocycles. The first-order valence-corrected chi connectivity index (χ1v) is 5.70. The van der Waals surface area contributed by atoms with E-state index in [2.05, 4.69) is 13.2 Å². The van der Waals surface area contributed by atoms with Gasteiger partial charge in [0.25, 0.3) is 0 Å². The molecule has 0 amide bonds. The van der Waals surface area contributed by atoms with Gasteiger partial charge in [-0.25, -0.2) is 0 Å². The molecule has 0 aliphatic carbocycles. The molecule has 1 aromatic rings. The lowest BCUT2D eigenvalue weighted by atomic mass is 9.74. The summed E-state index contributed by atoms with van der Waals surface area (Å²) in [6.07, 6.45) is 3.83. The van der Waals surface area contributed by atoms with Crippen molar-refractivity contribution in [1.29, 1.82) is 0 Å². The van der Waals surface area contributed by atoms with Gasteiger partial charge in [-0.1, -0.05) is 42.5 Å². The van der Waals surface area contributed by atoms with Crippen LogP contribution in [-0.2, 0) is 5.60 Å². The molecule has 0 heterocycles. The number of hydrogen-bond acceptors (Lipinski definition) is 2. The summed E-state index contributed by atoms with van der Waals surface area (Å²) >= 11 is 0. The Hall–Kier alpha value is -1.38. The molecule has 0 saturated heterocycles. The fourth-order valence-electron chi connectivity index (χ4n) is 2.02. The molecule has 2 heteroatoms. The third-order valence-corrected chi connectivity index (χ3v) is 3.12. The second-order valence-electron chi connectivity index (χ2n) is 4.49. The zero-order valence-corrected chi connectivity index (χ0v) is 10.3. The molecule has 0 aromatic heterocycles. The van der Waals surface area contributed by atoms with Gasteiger partial charge in [0.05, 0.1) is 5.60 Å². The second kappa shape index (κ2) is 5.30. The minimum atomic E-state index is -1.34. The summed E-state index contributed by atoms with van der Waals surface area (Å²) in [5.74, 6) is 0. The Balaban J connectivity index is 3.22. The molecule has 1 rings (SSSR count). The average Bonchev–Trinajstić information content (AvgIpc) is 2.30. The van der Waals surface area contributed by atoms with Crippen molar-refractivity contribution in [2.75, 3.05) is 0 Å². The van der Waals surface area contributed by atoms with Gasteiger partial charge in [0, 0.05) is 6.42 Å². The molecule has 2 atom stereocenters. The maximum absolute atomic E-state index is 10.8. The molecule has 0 spiro atoms. The average molecular weight is 232 g/mol. The predicted octanol–water partition coefficient (Wildman–Crippen LogP) is 2.78. The first-order chi connectivity index (χ1) is 7.98. The first-order valence-electron chi connectivity index (χ1n) is 5.70. The van der Waals surface area contributed by atoms with Gasteiger partial charge in [0.1, 0.15) is 5.60 Å². The molecule has 0 saturated carbocycles. The van der Waals surface area contributed by atoms with Crippen LogP contribution in [0.2, 0.25) is 0 Å². The fraction of sp³-hybridized carbons (Fsp3) is 0.333. The summed E-state index contributed by atoms with van der Waals surface area (Å²) in [7, 11) is 0. The van der Waals surface area contributed by atoms with E-state index in [1.807, 2.05) is 18.2 Å². The smallest absolute Gasteiger partial charge is 0.122 e. The van der Waals surface area contributed by atoms with E-state index in [4.69, 9.17) is 0 Å². The topological polar surface area (TPSA) is 40.5 Å². The number of rotatable bonds is 6. The van der Waals surface area contributed by atoms with Gasteiger partial charge in [-0.15, -0.1) is 13.2 Å². The predicted molar refractivity (Wildman–Crippen MR) is 70.6 cm³/mol. The number of aliphatic hydroxyl groups is 2. The van der Waals surface area contributed by atoms with Crippen LogP contribution in [0.25, 0.3) is 0 Å². The molecule has 0 radical (unpaired) electrons. The van der Waals surface area contributed by atoms with Crippen LogP contribution in [0, 0.1) is 0 Å². The highest BCUT2D eigenvalue weighted by Gasteiger charge is 2.45. The third kappa shape index (κ3) is 2.65. The van der Waals surface area contributed by atoms with Crippen LogP contribution in [0.15, 0.2) is 55.6 Å². The zero-order chi connectivity index (χ0) is 12.9. The molecule has 0 unspecified atom stereocenters. The monoisotopic (exact) mass is 232 g/mol. The van der Waals surface area contributed by atoms with E-state index in [-0.39, 0.29) is 6.42 Å². The van der Waals surface area contributed by atoms with E-state index >= 15 is 0 Å². The number of benzene rings is 1. The first kappa shape index (κ1) is 13.7. The third-order valence-electron chi connectivity index (χ3n) is 3.12. The Morgan fingerprint density at radius 3 is 2.06 bits per heavy atom. The van der Waals surface area contributed by atoms with E-state index in [9.17, 15) is 10.2 Å². The summed E-state index contributed by atoms with van der Waals surface area (Å²) < 4.78 is 0. The quantitative estimate of drug-likeness (QED) is 0.740. The maximum Gasteiger partial charge on any atom is 0.122 e. The molecular weight excluding hydrogens is 212 g/mol.